The Kier molecular flexibility index (Phi) is 3.27. The highest BCUT2D eigenvalue weighted by molar-refractivity contribution is 6.36. The monoisotopic (exact) mass is 256 g/mol. The normalized spacial score (nSPS) is 25.1. The number of carbonyl (C=O) groups excluding carboxylic acids is 1. The largest absolute Gasteiger partial charge is 0.300 e. The minimum atomic E-state index is 0.0334. The van der Waals surface area contributed by atoms with Crippen LogP contribution in [0.25, 0.3) is 0 Å². The summed E-state index contributed by atoms with van der Waals surface area (Å²) >= 11 is 12.3. The van der Waals surface area contributed by atoms with Gasteiger partial charge in [-0.05, 0) is 36.0 Å². The molecule has 0 bridgehead atoms. The minimum Gasteiger partial charge on any atom is -0.300 e. The van der Waals surface area contributed by atoms with Crippen LogP contribution in [0.2, 0.25) is 10.0 Å². The third kappa shape index (κ3) is 2.41. The standard InChI is InChI=1S/C13H14Cl2O/c1-13(6-5-9(16)7-13)8-10-11(14)3-2-4-12(10)15/h2-4H,5-8H2,1H3. The molecule has 0 spiro atoms. The van der Waals surface area contributed by atoms with E-state index < -0.39 is 0 Å². The predicted octanol–water partition coefficient (Wildman–Crippen LogP) is 4.30. The summed E-state index contributed by atoms with van der Waals surface area (Å²) in [7, 11) is 0. The number of benzene rings is 1. The van der Waals surface area contributed by atoms with Gasteiger partial charge in [0.1, 0.15) is 5.78 Å². The van der Waals surface area contributed by atoms with E-state index in [2.05, 4.69) is 6.92 Å². The second-order valence-corrected chi connectivity index (χ2v) is 5.72. The Morgan fingerprint density at radius 2 is 1.94 bits per heavy atom. The number of rotatable bonds is 2. The van der Waals surface area contributed by atoms with Crippen LogP contribution in [0, 0.1) is 5.41 Å². The molecule has 1 unspecified atom stereocenters. The van der Waals surface area contributed by atoms with Crippen LogP contribution in [0.4, 0.5) is 0 Å². The molecule has 0 radical (unpaired) electrons. The van der Waals surface area contributed by atoms with Crippen molar-refractivity contribution >= 4 is 29.0 Å². The molecule has 1 atom stereocenters. The average Bonchev–Trinajstić information content (AvgIpc) is 2.53. The Labute approximate surface area is 106 Å². The lowest BCUT2D eigenvalue weighted by Gasteiger charge is -2.23. The smallest absolute Gasteiger partial charge is 0.133 e. The van der Waals surface area contributed by atoms with Crippen LogP contribution >= 0.6 is 23.2 Å². The Morgan fingerprint density at radius 3 is 2.44 bits per heavy atom. The highest BCUT2D eigenvalue weighted by Crippen LogP contribution is 2.41. The maximum Gasteiger partial charge on any atom is 0.133 e. The second kappa shape index (κ2) is 4.38. The van der Waals surface area contributed by atoms with Gasteiger partial charge in [0, 0.05) is 22.9 Å². The van der Waals surface area contributed by atoms with Crippen molar-refractivity contribution in [1.29, 1.82) is 0 Å². The van der Waals surface area contributed by atoms with Crippen LogP contribution in [0.3, 0.4) is 0 Å². The van der Waals surface area contributed by atoms with Crippen molar-refractivity contribution in [1.82, 2.24) is 0 Å². The number of ketones is 1. The molecule has 86 valence electrons. The van der Waals surface area contributed by atoms with E-state index in [1.165, 1.54) is 0 Å². The van der Waals surface area contributed by atoms with Crippen molar-refractivity contribution in [3.63, 3.8) is 0 Å². The summed E-state index contributed by atoms with van der Waals surface area (Å²) in [6.45, 7) is 2.14. The molecule has 0 N–H and O–H groups in total. The van der Waals surface area contributed by atoms with E-state index in [4.69, 9.17) is 23.2 Å². The molecule has 0 saturated heterocycles. The molecule has 3 heteroatoms. The zero-order chi connectivity index (χ0) is 11.8. The summed E-state index contributed by atoms with van der Waals surface area (Å²) in [5.41, 5.74) is 1.01. The zero-order valence-electron chi connectivity index (χ0n) is 9.22. The molecule has 1 aliphatic rings. The lowest BCUT2D eigenvalue weighted by Crippen LogP contribution is -2.16. The molecular weight excluding hydrogens is 243 g/mol. The number of Topliss-reactive ketones (excluding diaryl/α,β-unsaturated/α-hetero) is 1. The Morgan fingerprint density at radius 1 is 1.31 bits per heavy atom. The lowest BCUT2D eigenvalue weighted by atomic mass is 9.82. The first kappa shape index (κ1) is 11.9. The zero-order valence-corrected chi connectivity index (χ0v) is 10.7. The first-order chi connectivity index (χ1) is 7.50. The lowest BCUT2D eigenvalue weighted by molar-refractivity contribution is -0.117. The molecule has 1 saturated carbocycles. The first-order valence-corrected chi connectivity index (χ1v) is 6.20. The van der Waals surface area contributed by atoms with Gasteiger partial charge in [-0.25, -0.2) is 0 Å². The fourth-order valence-corrected chi connectivity index (χ4v) is 2.90. The van der Waals surface area contributed by atoms with E-state index >= 15 is 0 Å². The van der Waals surface area contributed by atoms with Crippen LogP contribution in [0.1, 0.15) is 31.7 Å². The van der Waals surface area contributed by atoms with Gasteiger partial charge in [0.05, 0.1) is 0 Å². The molecule has 1 nitrogen and oxygen atoms in total. The Bertz CT molecular complexity index is 408. The molecule has 0 aromatic heterocycles. The summed E-state index contributed by atoms with van der Waals surface area (Å²) < 4.78 is 0. The molecule has 1 fully saturated rings. The van der Waals surface area contributed by atoms with Crippen molar-refractivity contribution in [2.75, 3.05) is 0 Å². The fourth-order valence-electron chi connectivity index (χ4n) is 2.37. The summed E-state index contributed by atoms with van der Waals surface area (Å²) in [5.74, 6) is 0.352. The van der Waals surface area contributed by atoms with Gasteiger partial charge < -0.3 is 0 Å². The van der Waals surface area contributed by atoms with Gasteiger partial charge in [0.25, 0.3) is 0 Å². The maximum absolute atomic E-state index is 11.4. The van der Waals surface area contributed by atoms with Crippen LogP contribution in [-0.4, -0.2) is 5.78 Å². The van der Waals surface area contributed by atoms with Crippen LogP contribution < -0.4 is 0 Å². The average molecular weight is 257 g/mol. The quantitative estimate of drug-likeness (QED) is 0.772. The number of hydrogen-bond acceptors (Lipinski definition) is 1. The third-order valence-electron chi connectivity index (χ3n) is 3.30. The van der Waals surface area contributed by atoms with Crippen LogP contribution in [0.5, 0.6) is 0 Å². The second-order valence-electron chi connectivity index (χ2n) is 4.90. The topological polar surface area (TPSA) is 17.1 Å². The molecule has 0 aliphatic heterocycles. The van der Waals surface area contributed by atoms with Gasteiger partial charge in [-0.3, -0.25) is 4.79 Å². The van der Waals surface area contributed by atoms with Gasteiger partial charge in [0.15, 0.2) is 0 Å². The number of hydrogen-bond donors (Lipinski definition) is 0. The van der Waals surface area contributed by atoms with E-state index in [1.54, 1.807) is 0 Å². The molecule has 1 aromatic carbocycles. The summed E-state index contributed by atoms with van der Waals surface area (Å²) in [5, 5.41) is 1.40. The van der Waals surface area contributed by atoms with Crippen LogP contribution in [0.15, 0.2) is 18.2 Å². The van der Waals surface area contributed by atoms with E-state index in [9.17, 15) is 4.79 Å². The molecule has 1 aliphatic carbocycles. The molecule has 1 aromatic rings. The molecule has 0 heterocycles. The van der Waals surface area contributed by atoms with Gasteiger partial charge in [-0.2, -0.15) is 0 Å². The van der Waals surface area contributed by atoms with Crippen LogP contribution in [-0.2, 0) is 11.2 Å². The molecule has 2 rings (SSSR count). The number of carbonyl (C=O) groups is 1. The summed E-state index contributed by atoms with van der Waals surface area (Å²) in [6, 6.07) is 5.54. The highest BCUT2D eigenvalue weighted by Gasteiger charge is 2.34. The fraction of sp³-hybridized carbons (Fsp3) is 0.462. The van der Waals surface area contributed by atoms with Crippen molar-refractivity contribution < 1.29 is 4.79 Å². The van der Waals surface area contributed by atoms with Gasteiger partial charge in [0.2, 0.25) is 0 Å². The van der Waals surface area contributed by atoms with Gasteiger partial charge in [-0.15, -0.1) is 0 Å². The molecule has 0 amide bonds. The van der Waals surface area contributed by atoms with Crippen molar-refractivity contribution in [3.8, 4) is 0 Å². The summed E-state index contributed by atoms with van der Waals surface area (Å²) in [6.07, 6.45) is 3.07. The van der Waals surface area contributed by atoms with E-state index in [0.717, 1.165) is 18.4 Å². The minimum absolute atomic E-state index is 0.0334. The molecule has 16 heavy (non-hydrogen) atoms. The predicted molar refractivity (Wildman–Crippen MR) is 67.1 cm³/mol. The SMILES string of the molecule is CC1(Cc2c(Cl)cccc2Cl)CCC(=O)C1. The van der Waals surface area contributed by atoms with E-state index in [-0.39, 0.29) is 5.41 Å². The van der Waals surface area contributed by atoms with Crippen molar-refractivity contribution in [2.45, 2.75) is 32.6 Å². The maximum atomic E-state index is 11.4. The first-order valence-electron chi connectivity index (χ1n) is 5.45. The summed E-state index contributed by atoms with van der Waals surface area (Å²) in [4.78, 5) is 11.4. The van der Waals surface area contributed by atoms with Crippen molar-refractivity contribution in [3.05, 3.63) is 33.8 Å². The number of halogens is 2. The highest BCUT2D eigenvalue weighted by atomic mass is 35.5. The van der Waals surface area contributed by atoms with E-state index in [0.29, 0.717) is 28.7 Å². The van der Waals surface area contributed by atoms with E-state index in [1.807, 2.05) is 18.2 Å². The van der Waals surface area contributed by atoms with Gasteiger partial charge >= 0.3 is 0 Å². The third-order valence-corrected chi connectivity index (χ3v) is 4.00. The van der Waals surface area contributed by atoms with Gasteiger partial charge in [-0.1, -0.05) is 36.2 Å². The molecular formula is C13H14Cl2O. The Hall–Kier alpha value is -0.530. The Balaban J connectivity index is 2.24. The van der Waals surface area contributed by atoms with Crippen molar-refractivity contribution in [2.24, 2.45) is 5.41 Å².